The summed E-state index contributed by atoms with van der Waals surface area (Å²) in [5, 5.41) is 8.89. The Bertz CT molecular complexity index is 1540. The maximum Gasteiger partial charge on any atom is 0.274 e. The SMILES string of the molecule is CCc1nn(Cc2cccc(OCCCN(C)C)n2)c2cccc(NC(=O)c3cnc4ccccn34)c12. The highest BCUT2D eigenvalue weighted by molar-refractivity contribution is 6.08. The number of fused-ring (bicyclic) bond motifs is 2. The number of nitrogens with zero attached hydrogens (tertiary/aromatic N) is 6. The van der Waals surface area contributed by atoms with E-state index in [0.29, 0.717) is 24.7 Å². The molecule has 4 aromatic heterocycles. The van der Waals surface area contributed by atoms with Crippen LogP contribution < -0.4 is 10.1 Å². The molecular formula is C28H31N7O2. The summed E-state index contributed by atoms with van der Waals surface area (Å²) < 4.78 is 9.57. The third-order valence-corrected chi connectivity index (χ3v) is 6.18. The number of aryl methyl sites for hydroxylation is 1. The van der Waals surface area contributed by atoms with Gasteiger partial charge in [-0.15, -0.1) is 0 Å². The molecule has 1 aromatic carbocycles. The van der Waals surface area contributed by atoms with Crippen LogP contribution in [0.4, 0.5) is 5.69 Å². The number of imidazole rings is 1. The molecule has 0 unspecified atom stereocenters. The van der Waals surface area contributed by atoms with Crippen LogP contribution in [0.15, 0.2) is 67.0 Å². The molecular weight excluding hydrogens is 466 g/mol. The average molecular weight is 498 g/mol. The van der Waals surface area contributed by atoms with Gasteiger partial charge in [0.1, 0.15) is 11.3 Å². The molecule has 0 atom stereocenters. The van der Waals surface area contributed by atoms with E-state index in [1.165, 1.54) is 0 Å². The molecule has 4 heterocycles. The number of hydrogen-bond acceptors (Lipinski definition) is 6. The van der Waals surface area contributed by atoms with Gasteiger partial charge in [0, 0.05) is 24.2 Å². The number of aromatic nitrogens is 5. The monoisotopic (exact) mass is 497 g/mol. The largest absolute Gasteiger partial charge is 0.478 e. The van der Waals surface area contributed by atoms with Crippen molar-refractivity contribution < 1.29 is 9.53 Å². The highest BCUT2D eigenvalue weighted by Crippen LogP contribution is 2.28. The van der Waals surface area contributed by atoms with Crippen LogP contribution in [0.25, 0.3) is 16.6 Å². The Labute approximate surface area is 215 Å². The second kappa shape index (κ2) is 10.8. The summed E-state index contributed by atoms with van der Waals surface area (Å²) in [6, 6.07) is 17.3. The molecule has 5 aromatic rings. The van der Waals surface area contributed by atoms with Gasteiger partial charge in [-0.05, 0) is 57.3 Å². The molecule has 0 aliphatic rings. The van der Waals surface area contributed by atoms with Gasteiger partial charge in [-0.1, -0.05) is 25.1 Å². The smallest absolute Gasteiger partial charge is 0.274 e. The molecule has 0 bridgehead atoms. The lowest BCUT2D eigenvalue weighted by molar-refractivity contribution is 0.102. The Morgan fingerprint density at radius 2 is 1.95 bits per heavy atom. The van der Waals surface area contributed by atoms with Crippen LogP contribution in [0.1, 0.15) is 35.2 Å². The van der Waals surface area contributed by atoms with E-state index in [-0.39, 0.29) is 5.91 Å². The van der Waals surface area contributed by atoms with Gasteiger partial charge < -0.3 is 15.0 Å². The topological polar surface area (TPSA) is 89.6 Å². The molecule has 9 heteroatoms. The predicted molar refractivity (Wildman–Crippen MR) is 144 cm³/mol. The summed E-state index contributed by atoms with van der Waals surface area (Å²) in [4.78, 5) is 24.3. The molecule has 0 saturated carbocycles. The summed E-state index contributed by atoms with van der Waals surface area (Å²) in [6.07, 6.45) is 5.09. The number of amides is 1. The van der Waals surface area contributed by atoms with E-state index < -0.39 is 0 Å². The molecule has 0 fully saturated rings. The van der Waals surface area contributed by atoms with Gasteiger partial charge in [-0.2, -0.15) is 5.10 Å². The van der Waals surface area contributed by atoms with Crippen molar-refractivity contribution in [2.24, 2.45) is 0 Å². The van der Waals surface area contributed by atoms with Crippen LogP contribution in [-0.2, 0) is 13.0 Å². The maximum absolute atomic E-state index is 13.2. The molecule has 9 nitrogen and oxygen atoms in total. The molecule has 190 valence electrons. The van der Waals surface area contributed by atoms with Crippen LogP contribution in [0.3, 0.4) is 0 Å². The molecule has 0 aliphatic carbocycles. The lowest BCUT2D eigenvalue weighted by atomic mass is 10.1. The van der Waals surface area contributed by atoms with E-state index in [0.717, 1.165) is 53.0 Å². The lowest BCUT2D eigenvalue weighted by Gasteiger charge is -2.11. The number of hydrogen-bond donors (Lipinski definition) is 1. The van der Waals surface area contributed by atoms with Crippen LogP contribution >= 0.6 is 0 Å². The van der Waals surface area contributed by atoms with Gasteiger partial charge in [-0.3, -0.25) is 13.9 Å². The molecule has 0 aliphatic heterocycles. The standard InChI is InChI=1S/C28H31N7O2/c1-4-21-27-22(31-28(36)24-18-29-25-13-5-6-16-34(24)25)11-8-12-23(27)35(32-21)19-20-10-7-14-26(30-20)37-17-9-15-33(2)3/h5-8,10-14,16,18H,4,9,15,17,19H2,1-3H3,(H,31,36). The predicted octanol–water partition coefficient (Wildman–Crippen LogP) is 4.27. The first-order chi connectivity index (χ1) is 18.0. The summed E-state index contributed by atoms with van der Waals surface area (Å²) >= 11 is 0. The van der Waals surface area contributed by atoms with Crippen molar-refractivity contribution in [2.75, 3.05) is 32.6 Å². The van der Waals surface area contributed by atoms with Crippen molar-refractivity contribution in [3.63, 3.8) is 0 Å². The second-order valence-corrected chi connectivity index (χ2v) is 9.16. The minimum atomic E-state index is -0.221. The summed E-state index contributed by atoms with van der Waals surface area (Å²) in [7, 11) is 4.10. The first-order valence-electron chi connectivity index (χ1n) is 12.5. The number of ether oxygens (including phenoxy) is 1. The zero-order valence-corrected chi connectivity index (χ0v) is 21.4. The van der Waals surface area contributed by atoms with Crippen LogP contribution in [0.5, 0.6) is 5.88 Å². The number of nitrogens with one attached hydrogen (secondary N) is 1. The highest BCUT2D eigenvalue weighted by Gasteiger charge is 2.18. The number of carbonyl (C=O) groups excluding carboxylic acids is 1. The van der Waals surface area contributed by atoms with E-state index in [9.17, 15) is 4.79 Å². The maximum atomic E-state index is 13.2. The Morgan fingerprint density at radius 1 is 1.08 bits per heavy atom. The highest BCUT2D eigenvalue weighted by atomic mass is 16.5. The molecule has 0 saturated heterocycles. The van der Waals surface area contributed by atoms with Crippen molar-refractivity contribution in [3.05, 3.63) is 84.1 Å². The quantitative estimate of drug-likeness (QED) is 0.290. The number of pyridine rings is 2. The van der Waals surface area contributed by atoms with Crippen molar-refractivity contribution in [1.82, 2.24) is 29.0 Å². The van der Waals surface area contributed by atoms with Gasteiger partial charge in [0.05, 0.1) is 41.9 Å². The summed E-state index contributed by atoms with van der Waals surface area (Å²) in [5.41, 5.74) is 4.64. The molecule has 5 rings (SSSR count). The fourth-order valence-electron chi connectivity index (χ4n) is 4.40. The number of anilines is 1. The van der Waals surface area contributed by atoms with Gasteiger partial charge in [-0.25, -0.2) is 9.97 Å². The first kappa shape index (κ1) is 24.5. The van der Waals surface area contributed by atoms with Crippen molar-refractivity contribution in [3.8, 4) is 5.88 Å². The summed E-state index contributed by atoms with van der Waals surface area (Å²) in [5.74, 6) is 0.395. The van der Waals surface area contributed by atoms with Crippen LogP contribution in [-0.4, -0.2) is 62.2 Å². The number of carbonyl (C=O) groups is 1. The lowest BCUT2D eigenvalue weighted by Crippen LogP contribution is -2.15. The Balaban J connectivity index is 1.39. The molecule has 1 N–H and O–H groups in total. The third kappa shape index (κ3) is 5.31. The van der Waals surface area contributed by atoms with E-state index >= 15 is 0 Å². The van der Waals surface area contributed by atoms with E-state index in [1.54, 1.807) is 10.6 Å². The fraction of sp³-hybridized carbons (Fsp3) is 0.286. The molecule has 0 radical (unpaired) electrons. The molecule has 0 spiro atoms. The van der Waals surface area contributed by atoms with E-state index in [1.807, 2.05) is 65.5 Å². The first-order valence-corrected chi connectivity index (χ1v) is 12.5. The van der Waals surface area contributed by atoms with Crippen molar-refractivity contribution in [1.29, 1.82) is 0 Å². The van der Waals surface area contributed by atoms with Gasteiger partial charge >= 0.3 is 0 Å². The second-order valence-electron chi connectivity index (χ2n) is 9.16. The fourth-order valence-corrected chi connectivity index (χ4v) is 4.40. The van der Waals surface area contributed by atoms with Crippen molar-refractivity contribution in [2.45, 2.75) is 26.3 Å². The third-order valence-electron chi connectivity index (χ3n) is 6.18. The normalized spacial score (nSPS) is 11.5. The summed E-state index contributed by atoms with van der Waals surface area (Å²) in [6.45, 7) is 4.15. The van der Waals surface area contributed by atoms with Gasteiger partial charge in [0.2, 0.25) is 5.88 Å². The van der Waals surface area contributed by atoms with Crippen LogP contribution in [0.2, 0.25) is 0 Å². The van der Waals surface area contributed by atoms with E-state index in [2.05, 4.69) is 41.2 Å². The molecule has 37 heavy (non-hydrogen) atoms. The van der Waals surface area contributed by atoms with E-state index in [4.69, 9.17) is 9.84 Å². The number of benzene rings is 1. The van der Waals surface area contributed by atoms with Crippen molar-refractivity contribution >= 4 is 28.1 Å². The number of rotatable bonds is 10. The average Bonchev–Trinajstić information content (AvgIpc) is 3.49. The minimum Gasteiger partial charge on any atom is -0.478 e. The Kier molecular flexibility index (Phi) is 7.14. The zero-order chi connectivity index (χ0) is 25.8. The molecule has 1 amide bonds. The zero-order valence-electron chi connectivity index (χ0n) is 21.4. The minimum absolute atomic E-state index is 0.221. The van der Waals surface area contributed by atoms with Gasteiger partial charge in [0.15, 0.2) is 0 Å². The van der Waals surface area contributed by atoms with Gasteiger partial charge in [0.25, 0.3) is 5.91 Å². The van der Waals surface area contributed by atoms with Crippen LogP contribution in [0, 0.1) is 0 Å². The Morgan fingerprint density at radius 3 is 2.78 bits per heavy atom. The Hall–Kier alpha value is -4.24.